The van der Waals surface area contributed by atoms with Crippen LogP contribution in [0, 0.1) is 0 Å². The summed E-state index contributed by atoms with van der Waals surface area (Å²) >= 11 is 0. The molecule has 0 saturated heterocycles. The molecule has 3 aromatic carbocycles. The molecule has 1 unspecified atom stereocenters. The summed E-state index contributed by atoms with van der Waals surface area (Å²) < 4.78 is 0. The lowest BCUT2D eigenvalue weighted by molar-refractivity contribution is 0.426. The van der Waals surface area contributed by atoms with Gasteiger partial charge in [0.25, 0.3) is 0 Å². The van der Waals surface area contributed by atoms with E-state index >= 15 is 0 Å². The van der Waals surface area contributed by atoms with Gasteiger partial charge in [0.2, 0.25) is 0 Å². The fraction of sp³-hybridized carbons (Fsp3) is 0.0909. The summed E-state index contributed by atoms with van der Waals surface area (Å²) in [4.78, 5) is 2.37. The fourth-order valence-corrected chi connectivity index (χ4v) is 4.22. The van der Waals surface area contributed by atoms with Crippen molar-refractivity contribution in [3.63, 3.8) is 0 Å². The molecule has 2 aliphatic rings. The van der Waals surface area contributed by atoms with Crippen LogP contribution >= 0.6 is 0 Å². The Balaban J connectivity index is 1.73. The molecular weight excluding hydrogens is 321 g/mol. The first-order valence-electron chi connectivity index (χ1n) is 8.88. The maximum atomic E-state index is 9.37. The molecule has 5 rings (SSSR count). The van der Waals surface area contributed by atoms with E-state index in [-0.39, 0.29) is 6.04 Å². The second kappa shape index (κ2) is 5.87. The summed E-state index contributed by atoms with van der Waals surface area (Å²) in [5.41, 5.74) is 5.44. The Morgan fingerprint density at radius 1 is 0.846 bits per heavy atom. The zero-order valence-electron chi connectivity index (χ0n) is 14.2. The largest absolute Gasteiger partial charge is 0.488 e. The van der Waals surface area contributed by atoms with E-state index < -0.39 is 7.12 Å². The quantitative estimate of drug-likeness (QED) is 0.691. The van der Waals surface area contributed by atoms with E-state index in [4.69, 9.17) is 0 Å². The van der Waals surface area contributed by atoms with Crippen molar-refractivity contribution in [2.45, 2.75) is 12.5 Å². The molecule has 0 aromatic heterocycles. The maximum Gasteiger partial charge on any atom is 0.488 e. The van der Waals surface area contributed by atoms with E-state index in [2.05, 4.69) is 59.5 Å². The molecule has 126 valence electrons. The van der Waals surface area contributed by atoms with Gasteiger partial charge in [-0.2, -0.15) is 0 Å². The molecule has 1 aliphatic heterocycles. The minimum absolute atomic E-state index is 0.257. The lowest BCUT2D eigenvalue weighted by Gasteiger charge is -2.29. The SMILES string of the molecule is OB(O)c1ccc(N2c3ccccc3C3=c4ccccc4=CCC32)cc1. The molecule has 1 atom stereocenters. The van der Waals surface area contributed by atoms with Crippen LogP contribution in [-0.2, 0) is 0 Å². The molecule has 0 amide bonds. The molecule has 2 N–H and O–H groups in total. The van der Waals surface area contributed by atoms with E-state index in [1.807, 2.05) is 12.1 Å². The molecular formula is C22H18BNO2. The summed E-state index contributed by atoms with van der Waals surface area (Å²) in [6, 6.07) is 24.9. The van der Waals surface area contributed by atoms with Crippen LogP contribution in [-0.4, -0.2) is 23.2 Å². The summed E-state index contributed by atoms with van der Waals surface area (Å²) in [5.74, 6) is 0. The highest BCUT2D eigenvalue weighted by atomic mass is 16.4. The highest BCUT2D eigenvalue weighted by Crippen LogP contribution is 2.45. The maximum absolute atomic E-state index is 9.37. The van der Waals surface area contributed by atoms with Crippen molar-refractivity contribution < 1.29 is 10.0 Å². The zero-order chi connectivity index (χ0) is 17.7. The number of anilines is 2. The van der Waals surface area contributed by atoms with Gasteiger partial charge in [0.15, 0.2) is 0 Å². The topological polar surface area (TPSA) is 43.7 Å². The lowest BCUT2D eigenvalue weighted by atomic mass is 9.80. The lowest BCUT2D eigenvalue weighted by Crippen LogP contribution is -2.38. The van der Waals surface area contributed by atoms with Gasteiger partial charge >= 0.3 is 7.12 Å². The van der Waals surface area contributed by atoms with E-state index in [0.717, 1.165) is 12.1 Å². The number of nitrogens with zero attached hydrogens (tertiary/aromatic N) is 1. The highest BCUT2D eigenvalue weighted by molar-refractivity contribution is 6.58. The Kier molecular flexibility index (Phi) is 3.49. The molecule has 3 nitrogen and oxygen atoms in total. The van der Waals surface area contributed by atoms with Crippen molar-refractivity contribution >= 4 is 35.6 Å². The van der Waals surface area contributed by atoms with Crippen LogP contribution in [0.25, 0.3) is 11.6 Å². The van der Waals surface area contributed by atoms with Crippen LogP contribution < -0.4 is 20.8 Å². The molecule has 1 aliphatic carbocycles. The van der Waals surface area contributed by atoms with Gasteiger partial charge in [-0.3, -0.25) is 0 Å². The third kappa shape index (κ3) is 2.23. The second-order valence-electron chi connectivity index (χ2n) is 6.81. The minimum Gasteiger partial charge on any atom is -0.423 e. The summed E-state index contributed by atoms with van der Waals surface area (Å²) in [6.45, 7) is 0. The molecule has 3 aromatic rings. The third-order valence-corrected chi connectivity index (χ3v) is 5.38. The first kappa shape index (κ1) is 15.4. The van der Waals surface area contributed by atoms with Gasteiger partial charge in [-0.1, -0.05) is 60.7 Å². The molecule has 4 heteroatoms. The number of para-hydroxylation sites is 1. The minimum atomic E-state index is -1.44. The van der Waals surface area contributed by atoms with Crippen molar-refractivity contribution in [3.05, 3.63) is 88.8 Å². The number of rotatable bonds is 2. The molecule has 0 fully saturated rings. The monoisotopic (exact) mass is 339 g/mol. The number of fused-ring (bicyclic) bond motifs is 4. The van der Waals surface area contributed by atoms with E-state index in [1.54, 1.807) is 12.1 Å². The molecule has 26 heavy (non-hydrogen) atoms. The van der Waals surface area contributed by atoms with Crippen molar-refractivity contribution in [3.8, 4) is 0 Å². The van der Waals surface area contributed by atoms with Gasteiger partial charge < -0.3 is 14.9 Å². The normalized spacial score (nSPS) is 17.2. The molecule has 0 bridgehead atoms. The predicted molar refractivity (Wildman–Crippen MR) is 106 cm³/mol. The van der Waals surface area contributed by atoms with Crippen molar-refractivity contribution in [2.24, 2.45) is 0 Å². The number of hydrogen-bond acceptors (Lipinski definition) is 3. The van der Waals surface area contributed by atoms with Gasteiger partial charge in [0, 0.05) is 16.9 Å². The van der Waals surface area contributed by atoms with Gasteiger partial charge in [-0.05, 0) is 46.1 Å². The van der Waals surface area contributed by atoms with Crippen LogP contribution in [0.3, 0.4) is 0 Å². The fourth-order valence-electron chi connectivity index (χ4n) is 4.22. The van der Waals surface area contributed by atoms with Gasteiger partial charge in [0.05, 0.1) is 6.04 Å². The van der Waals surface area contributed by atoms with Gasteiger partial charge in [-0.25, -0.2) is 0 Å². The van der Waals surface area contributed by atoms with Crippen molar-refractivity contribution in [2.75, 3.05) is 4.90 Å². The Labute approximate surface area is 152 Å². The Morgan fingerprint density at radius 3 is 2.38 bits per heavy atom. The van der Waals surface area contributed by atoms with Crippen LogP contribution in [0.4, 0.5) is 11.4 Å². The smallest absolute Gasteiger partial charge is 0.423 e. The molecule has 0 saturated carbocycles. The van der Waals surface area contributed by atoms with E-state index in [1.165, 1.54) is 27.3 Å². The first-order chi connectivity index (χ1) is 12.7. The average molecular weight is 339 g/mol. The number of benzene rings is 3. The Hall–Kier alpha value is -2.82. The Bertz CT molecular complexity index is 1110. The molecule has 0 radical (unpaired) electrons. The van der Waals surface area contributed by atoms with Crippen LogP contribution in [0.1, 0.15) is 12.0 Å². The number of hydrogen-bond donors (Lipinski definition) is 2. The average Bonchev–Trinajstić information content (AvgIpc) is 3.03. The Morgan fingerprint density at radius 2 is 1.58 bits per heavy atom. The zero-order valence-corrected chi connectivity index (χ0v) is 14.2. The standard InChI is InChI=1S/C22H18BNO2/c25-23(26)16-10-12-17(13-11-16)24-20-8-4-3-7-19(20)22-18-6-2-1-5-15(18)9-14-21(22)24/h1-13,21,25-26H,14H2. The first-order valence-corrected chi connectivity index (χ1v) is 8.88. The summed E-state index contributed by atoms with van der Waals surface area (Å²) in [6.07, 6.45) is 3.26. The second-order valence-corrected chi connectivity index (χ2v) is 6.81. The summed E-state index contributed by atoms with van der Waals surface area (Å²) in [5, 5.41) is 21.3. The van der Waals surface area contributed by atoms with Crippen LogP contribution in [0.15, 0.2) is 72.8 Å². The van der Waals surface area contributed by atoms with E-state index in [0.29, 0.717) is 5.46 Å². The van der Waals surface area contributed by atoms with Crippen LogP contribution in [0.5, 0.6) is 0 Å². The summed E-state index contributed by atoms with van der Waals surface area (Å²) in [7, 11) is -1.44. The predicted octanol–water partition coefficient (Wildman–Crippen LogP) is 1.27. The van der Waals surface area contributed by atoms with Crippen molar-refractivity contribution in [1.82, 2.24) is 0 Å². The third-order valence-electron chi connectivity index (χ3n) is 5.38. The highest BCUT2D eigenvalue weighted by Gasteiger charge is 2.35. The van der Waals surface area contributed by atoms with Crippen LogP contribution in [0.2, 0.25) is 0 Å². The molecule has 1 heterocycles. The van der Waals surface area contributed by atoms with Gasteiger partial charge in [-0.15, -0.1) is 0 Å². The van der Waals surface area contributed by atoms with Gasteiger partial charge in [0.1, 0.15) is 0 Å². The van der Waals surface area contributed by atoms with Crippen molar-refractivity contribution in [1.29, 1.82) is 0 Å². The van der Waals surface area contributed by atoms with E-state index in [9.17, 15) is 10.0 Å². The molecule has 0 spiro atoms.